The lowest BCUT2D eigenvalue weighted by Gasteiger charge is -2.20. The standard InChI is InChI=1S/C22H26N2O6S/c1-29-19-11-9-18(10-12-19)23-21(25)16-30-22(26)17-7-6-8-20(15-17)31(27,28)24-13-4-2-3-5-14-24/h6-12,15H,2-5,13-14,16H2,1H3,(H,23,25). The average molecular weight is 447 g/mol. The van der Waals surface area contributed by atoms with Gasteiger partial charge >= 0.3 is 5.97 Å². The Morgan fingerprint density at radius 3 is 2.32 bits per heavy atom. The molecule has 1 amide bonds. The molecule has 0 bridgehead atoms. The van der Waals surface area contributed by atoms with Crippen molar-refractivity contribution in [1.29, 1.82) is 0 Å². The van der Waals surface area contributed by atoms with Gasteiger partial charge in [-0.2, -0.15) is 4.31 Å². The van der Waals surface area contributed by atoms with Crippen molar-refractivity contribution in [3.05, 3.63) is 54.1 Å². The van der Waals surface area contributed by atoms with Gasteiger partial charge in [0, 0.05) is 18.8 Å². The summed E-state index contributed by atoms with van der Waals surface area (Å²) in [6, 6.07) is 12.4. The number of carbonyl (C=O) groups excluding carboxylic acids is 2. The zero-order chi connectivity index (χ0) is 22.3. The Bertz CT molecular complexity index is 1010. The first-order valence-electron chi connectivity index (χ1n) is 10.1. The molecule has 9 heteroatoms. The molecule has 1 saturated heterocycles. The highest BCUT2D eigenvalue weighted by Crippen LogP contribution is 2.21. The van der Waals surface area contributed by atoms with Crippen LogP contribution in [0.5, 0.6) is 5.75 Å². The van der Waals surface area contributed by atoms with Gasteiger partial charge in [-0.3, -0.25) is 4.79 Å². The van der Waals surface area contributed by atoms with Crippen LogP contribution in [-0.4, -0.2) is 51.4 Å². The summed E-state index contributed by atoms with van der Waals surface area (Å²) in [4.78, 5) is 24.5. The van der Waals surface area contributed by atoms with Gasteiger partial charge in [-0.15, -0.1) is 0 Å². The summed E-state index contributed by atoms with van der Waals surface area (Å²) in [5.74, 6) is -0.621. The van der Waals surface area contributed by atoms with Crippen LogP contribution in [0.4, 0.5) is 5.69 Å². The Morgan fingerprint density at radius 1 is 1.00 bits per heavy atom. The predicted octanol–water partition coefficient (Wildman–Crippen LogP) is 3.06. The van der Waals surface area contributed by atoms with Crippen LogP contribution < -0.4 is 10.1 Å². The van der Waals surface area contributed by atoms with Crippen molar-refractivity contribution in [3.8, 4) is 5.75 Å². The fourth-order valence-electron chi connectivity index (χ4n) is 3.30. The topological polar surface area (TPSA) is 102 Å². The van der Waals surface area contributed by atoms with E-state index >= 15 is 0 Å². The normalized spacial score (nSPS) is 15.0. The molecule has 1 aliphatic rings. The molecular weight excluding hydrogens is 420 g/mol. The lowest BCUT2D eigenvalue weighted by molar-refractivity contribution is -0.119. The summed E-state index contributed by atoms with van der Waals surface area (Å²) in [5.41, 5.74) is 0.612. The van der Waals surface area contributed by atoms with E-state index in [0.29, 0.717) is 24.5 Å². The minimum atomic E-state index is -3.68. The minimum absolute atomic E-state index is 0.0477. The van der Waals surface area contributed by atoms with E-state index in [1.165, 1.54) is 28.6 Å². The number of hydrogen-bond acceptors (Lipinski definition) is 6. The Balaban J connectivity index is 1.60. The number of amides is 1. The van der Waals surface area contributed by atoms with E-state index in [1.807, 2.05) is 0 Å². The Morgan fingerprint density at radius 2 is 1.68 bits per heavy atom. The number of nitrogens with one attached hydrogen (secondary N) is 1. The third kappa shape index (κ3) is 6.05. The Hall–Kier alpha value is -2.91. The first kappa shape index (κ1) is 22.8. The van der Waals surface area contributed by atoms with E-state index in [-0.39, 0.29) is 10.5 Å². The number of anilines is 1. The first-order valence-corrected chi connectivity index (χ1v) is 11.6. The molecule has 1 fully saturated rings. The van der Waals surface area contributed by atoms with Crippen LogP contribution in [0.1, 0.15) is 36.0 Å². The number of ether oxygens (including phenoxy) is 2. The maximum absolute atomic E-state index is 12.9. The van der Waals surface area contributed by atoms with Crippen LogP contribution in [0.15, 0.2) is 53.4 Å². The number of rotatable bonds is 7. The van der Waals surface area contributed by atoms with E-state index in [9.17, 15) is 18.0 Å². The Kier molecular flexibility index (Phi) is 7.64. The summed E-state index contributed by atoms with van der Waals surface area (Å²) in [6.07, 6.45) is 3.67. The first-order chi connectivity index (χ1) is 14.9. The molecule has 0 radical (unpaired) electrons. The lowest BCUT2D eigenvalue weighted by Crippen LogP contribution is -2.32. The monoisotopic (exact) mass is 446 g/mol. The summed E-state index contributed by atoms with van der Waals surface area (Å²) < 4.78 is 37.4. The van der Waals surface area contributed by atoms with E-state index in [2.05, 4.69) is 5.32 Å². The van der Waals surface area contributed by atoms with Gasteiger partial charge in [-0.05, 0) is 55.3 Å². The molecule has 0 unspecified atom stereocenters. The second kappa shape index (κ2) is 10.4. The van der Waals surface area contributed by atoms with Crippen molar-refractivity contribution in [3.63, 3.8) is 0 Å². The third-order valence-electron chi connectivity index (χ3n) is 4.98. The molecule has 166 valence electrons. The number of sulfonamides is 1. The number of esters is 1. The number of carbonyl (C=O) groups is 2. The van der Waals surface area contributed by atoms with Crippen molar-refractivity contribution in [1.82, 2.24) is 4.31 Å². The molecule has 1 N–H and O–H groups in total. The average Bonchev–Trinajstić information content (AvgIpc) is 3.08. The molecule has 3 rings (SSSR count). The molecule has 2 aromatic carbocycles. The quantitative estimate of drug-likeness (QED) is 0.656. The van der Waals surface area contributed by atoms with Gasteiger partial charge in [0.05, 0.1) is 17.6 Å². The smallest absolute Gasteiger partial charge is 0.338 e. The van der Waals surface area contributed by atoms with Crippen LogP contribution in [0.25, 0.3) is 0 Å². The van der Waals surface area contributed by atoms with Gasteiger partial charge in [-0.1, -0.05) is 18.9 Å². The summed E-state index contributed by atoms with van der Waals surface area (Å²) >= 11 is 0. The molecule has 0 aromatic heterocycles. The van der Waals surface area contributed by atoms with Crippen LogP contribution in [0, 0.1) is 0 Å². The lowest BCUT2D eigenvalue weighted by atomic mass is 10.2. The fourth-order valence-corrected chi connectivity index (χ4v) is 4.86. The van der Waals surface area contributed by atoms with E-state index in [4.69, 9.17) is 9.47 Å². The maximum Gasteiger partial charge on any atom is 0.338 e. The number of hydrogen-bond donors (Lipinski definition) is 1. The highest BCUT2D eigenvalue weighted by atomic mass is 32.2. The van der Waals surface area contributed by atoms with Crippen LogP contribution in [-0.2, 0) is 19.6 Å². The Labute approximate surface area is 182 Å². The zero-order valence-electron chi connectivity index (χ0n) is 17.4. The van der Waals surface area contributed by atoms with Crippen molar-refractivity contribution >= 4 is 27.6 Å². The molecule has 2 aromatic rings. The van der Waals surface area contributed by atoms with Gasteiger partial charge in [0.15, 0.2) is 6.61 Å². The van der Waals surface area contributed by atoms with E-state index < -0.39 is 28.5 Å². The van der Waals surface area contributed by atoms with Crippen molar-refractivity contribution in [2.24, 2.45) is 0 Å². The van der Waals surface area contributed by atoms with Crippen molar-refractivity contribution in [2.75, 3.05) is 32.1 Å². The van der Waals surface area contributed by atoms with Gasteiger partial charge in [-0.25, -0.2) is 13.2 Å². The van der Waals surface area contributed by atoms with Gasteiger partial charge in [0.2, 0.25) is 10.0 Å². The molecule has 0 aliphatic carbocycles. The SMILES string of the molecule is COc1ccc(NC(=O)COC(=O)c2cccc(S(=O)(=O)N3CCCCCC3)c2)cc1. The van der Waals surface area contributed by atoms with Gasteiger partial charge in [0.25, 0.3) is 5.91 Å². The highest BCUT2D eigenvalue weighted by Gasteiger charge is 2.26. The van der Waals surface area contributed by atoms with Crippen LogP contribution in [0.2, 0.25) is 0 Å². The molecule has 0 atom stereocenters. The second-order valence-electron chi connectivity index (χ2n) is 7.20. The number of methoxy groups -OCH3 is 1. The molecule has 8 nitrogen and oxygen atoms in total. The van der Waals surface area contributed by atoms with Crippen LogP contribution in [0.3, 0.4) is 0 Å². The predicted molar refractivity (Wildman–Crippen MR) is 116 cm³/mol. The molecule has 1 heterocycles. The van der Waals surface area contributed by atoms with Crippen LogP contribution >= 0.6 is 0 Å². The molecule has 1 aliphatic heterocycles. The minimum Gasteiger partial charge on any atom is -0.497 e. The van der Waals surface area contributed by atoms with E-state index in [0.717, 1.165) is 25.7 Å². The number of benzene rings is 2. The van der Waals surface area contributed by atoms with Gasteiger partial charge < -0.3 is 14.8 Å². The summed E-state index contributed by atoms with van der Waals surface area (Å²) in [7, 11) is -2.14. The molecular formula is C22H26N2O6S. The second-order valence-corrected chi connectivity index (χ2v) is 9.14. The largest absolute Gasteiger partial charge is 0.497 e. The van der Waals surface area contributed by atoms with Crippen molar-refractivity contribution in [2.45, 2.75) is 30.6 Å². The molecule has 0 spiro atoms. The number of nitrogens with zero attached hydrogens (tertiary/aromatic N) is 1. The molecule has 0 saturated carbocycles. The third-order valence-corrected chi connectivity index (χ3v) is 6.88. The fraction of sp³-hybridized carbons (Fsp3) is 0.364. The highest BCUT2D eigenvalue weighted by molar-refractivity contribution is 7.89. The van der Waals surface area contributed by atoms with E-state index in [1.54, 1.807) is 31.4 Å². The zero-order valence-corrected chi connectivity index (χ0v) is 18.2. The van der Waals surface area contributed by atoms with Gasteiger partial charge in [0.1, 0.15) is 5.75 Å². The summed E-state index contributed by atoms with van der Waals surface area (Å²) in [5, 5.41) is 2.61. The maximum atomic E-state index is 12.9. The molecule has 31 heavy (non-hydrogen) atoms. The summed E-state index contributed by atoms with van der Waals surface area (Å²) in [6.45, 7) is 0.457. The van der Waals surface area contributed by atoms with Crippen molar-refractivity contribution < 1.29 is 27.5 Å².